The molecule has 1 aromatic rings. The van der Waals surface area contributed by atoms with Crippen LogP contribution >= 0.6 is 0 Å². The Morgan fingerprint density at radius 2 is 1.89 bits per heavy atom. The van der Waals surface area contributed by atoms with Crippen molar-refractivity contribution in [3.8, 4) is 11.5 Å². The summed E-state index contributed by atoms with van der Waals surface area (Å²) < 4.78 is 0. The maximum absolute atomic E-state index is 9.84. The van der Waals surface area contributed by atoms with E-state index in [-0.39, 0.29) is 17.5 Å². The summed E-state index contributed by atoms with van der Waals surface area (Å²) >= 11 is 0. The van der Waals surface area contributed by atoms with Crippen LogP contribution in [0.4, 0.5) is 0 Å². The lowest BCUT2D eigenvalue weighted by Crippen LogP contribution is -2.30. The van der Waals surface area contributed by atoms with Gasteiger partial charge in [-0.2, -0.15) is 0 Å². The fourth-order valence-electron chi connectivity index (χ4n) is 3.00. The molecule has 1 aliphatic carbocycles. The number of benzene rings is 1. The normalized spacial score (nSPS) is 24.1. The topological polar surface area (TPSA) is 52.5 Å². The third kappa shape index (κ3) is 2.78. The van der Waals surface area contributed by atoms with E-state index in [2.05, 4.69) is 19.2 Å². The van der Waals surface area contributed by atoms with Crippen molar-refractivity contribution in [2.45, 2.75) is 52.1 Å². The molecule has 18 heavy (non-hydrogen) atoms. The molecular weight excluding hydrogens is 226 g/mol. The van der Waals surface area contributed by atoms with Gasteiger partial charge in [-0.3, -0.25) is 0 Å². The van der Waals surface area contributed by atoms with Crippen LogP contribution in [0.2, 0.25) is 0 Å². The number of nitrogens with one attached hydrogen (secondary N) is 1. The number of phenolic OH excluding ortho intramolecular Hbond substituents is 2. The second-order valence-electron chi connectivity index (χ2n) is 6.20. The largest absolute Gasteiger partial charge is 0.507 e. The lowest BCUT2D eigenvalue weighted by Gasteiger charge is -2.23. The molecule has 3 nitrogen and oxygen atoms in total. The molecule has 0 bridgehead atoms. The lowest BCUT2D eigenvalue weighted by atomic mass is 9.91. The van der Waals surface area contributed by atoms with E-state index >= 15 is 0 Å². The number of hydrogen-bond donors (Lipinski definition) is 3. The van der Waals surface area contributed by atoms with Crippen LogP contribution in [0, 0.1) is 5.41 Å². The number of aromatic hydroxyl groups is 2. The van der Waals surface area contributed by atoms with Gasteiger partial charge in [-0.05, 0) is 43.7 Å². The first-order valence-electron chi connectivity index (χ1n) is 6.66. The Labute approximate surface area is 109 Å². The molecule has 2 atom stereocenters. The highest BCUT2D eigenvalue weighted by Gasteiger charge is 2.32. The van der Waals surface area contributed by atoms with E-state index < -0.39 is 0 Å². The van der Waals surface area contributed by atoms with Gasteiger partial charge in [-0.25, -0.2) is 0 Å². The van der Waals surface area contributed by atoms with Crippen molar-refractivity contribution in [3.63, 3.8) is 0 Å². The van der Waals surface area contributed by atoms with Gasteiger partial charge in [0.1, 0.15) is 11.5 Å². The van der Waals surface area contributed by atoms with Crippen LogP contribution in [-0.4, -0.2) is 16.3 Å². The van der Waals surface area contributed by atoms with Crippen molar-refractivity contribution in [2.75, 3.05) is 0 Å². The van der Waals surface area contributed by atoms with Gasteiger partial charge in [-0.15, -0.1) is 0 Å². The Morgan fingerprint density at radius 1 is 1.28 bits per heavy atom. The minimum Gasteiger partial charge on any atom is -0.507 e. The first kappa shape index (κ1) is 13.2. The van der Waals surface area contributed by atoms with Crippen molar-refractivity contribution in [2.24, 2.45) is 5.41 Å². The monoisotopic (exact) mass is 249 g/mol. The summed E-state index contributed by atoms with van der Waals surface area (Å²) in [5.41, 5.74) is 1.00. The third-order valence-corrected chi connectivity index (χ3v) is 3.95. The minimum absolute atomic E-state index is 0.0369. The number of hydrogen-bond acceptors (Lipinski definition) is 3. The number of phenols is 2. The van der Waals surface area contributed by atoms with Crippen LogP contribution in [0.3, 0.4) is 0 Å². The zero-order valence-corrected chi connectivity index (χ0v) is 11.4. The summed E-state index contributed by atoms with van der Waals surface area (Å²) in [6.45, 7) is 6.56. The summed E-state index contributed by atoms with van der Waals surface area (Å²) in [6.07, 6.45) is 3.53. The Balaban J connectivity index is 2.07. The van der Waals surface area contributed by atoms with Gasteiger partial charge in [0.05, 0.1) is 5.56 Å². The van der Waals surface area contributed by atoms with Crippen LogP contribution in [0.25, 0.3) is 0 Å². The Bertz CT molecular complexity index is 408. The Kier molecular flexibility index (Phi) is 3.53. The molecular formula is C15H23NO2. The molecule has 2 unspecified atom stereocenters. The molecule has 3 N–H and O–H groups in total. The molecule has 0 aromatic heterocycles. The molecule has 1 aromatic carbocycles. The van der Waals surface area contributed by atoms with Gasteiger partial charge in [0, 0.05) is 12.1 Å². The smallest absolute Gasteiger partial charge is 0.124 e. The second-order valence-corrected chi connectivity index (χ2v) is 6.20. The van der Waals surface area contributed by atoms with Gasteiger partial charge in [-0.1, -0.05) is 19.9 Å². The molecule has 3 heteroatoms. The van der Waals surface area contributed by atoms with Crippen molar-refractivity contribution in [1.29, 1.82) is 0 Å². The highest BCUT2D eigenvalue weighted by atomic mass is 16.3. The van der Waals surface area contributed by atoms with Gasteiger partial charge in [0.15, 0.2) is 0 Å². The van der Waals surface area contributed by atoms with E-state index in [1.54, 1.807) is 18.2 Å². The molecule has 0 aliphatic heterocycles. The average molecular weight is 249 g/mol. The molecule has 0 amide bonds. The second kappa shape index (κ2) is 4.81. The zero-order valence-electron chi connectivity index (χ0n) is 11.4. The molecule has 0 saturated heterocycles. The summed E-state index contributed by atoms with van der Waals surface area (Å²) in [5, 5.41) is 23.2. The molecule has 100 valence electrons. The summed E-state index contributed by atoms with van der Waals surface area (Å²) in [6, 6.07) is 5.32. The quantitative estimate of drug-likeness (QED) is 0.770. The van der Waals surface area contributed by atoms with E-state index in [9.17, 15) is 10.2 Å². The Hall–Kier alpha value is -1.22. The zero-order chi connectivity index (χ0) is 13.3. The summed E-state index contributed by atoms with van der Waals surface area (Å²) in [7, 11) is 0. The average Bonchev–Trinajstić information content (AvgIpc) is 2.57. The molecule has 1 saturated carbocycles. The van der Waals surface area contributed by atoms with Gasteiger partial charge < -0.3 is 15.5 Å². The van der Waals surface area contributed by atoms with Crippen molar-refractivity contribution in [3.05, 3.63) is 23.8 Å². The maximum Gasteiger partial charge on any atom is 0.124 e. The first-order valence-corrected chi connectivity index (χ1v) is 6.66. The minimum atomic E-state index is -0.0369. The third-order valence-electron chi connectivity index (χ3n) is 3.95. The highest BCUT2D eigenvalue weighted by Crippen LogP contribution is 2.39. The van der Waals surface area contributed by atoms with Crippen molar-refractivity contribution < 1.29 is 10.2 Å². The SMILES string of the molecule is CC(NC1CCC(C)(C)C1)c1c(O)cccc1O. The molecule has 1 aliphatic rings. The van der Waals surface area contributed by atoms with Crippen LogP contribution in [0.1, 0.15) is 51.6 Å². The highest BCUT2D eigenvalue weighted by molar-refractivity contribution is 5.44. The standard InChI is InChI=1S/C15H23NO2/c1-10(14-12(17)5-4-6-13(14)18)16-11-7-8-15(2,3)9-11/h4-6,10-11,16-18H,7-9H2,1-3H3. The molecule has 0 heterocycles. The predicted octanol–water partition coefficient (Wildman–Crippen LogP) is 3.33. The lowest BCUT2D eigenvalue weighted by molar-refractivity contribution is 0.351. The van der Waals surface area contributed by atoms with E-state index in [4.69, 9.17) is 0 Å². The van der Waals surface area contributed by atoms with Crippen LogP contribution in [-0.2, 0) is 0 Å². The van der Waals surface area contributed by atoms with E-state index in [1.165, 1.54) is 6.42 Å². The first-order chi connectivity index (χ1) is 8.39. The van der Waals surface area contributed by atoms with Crippen LogP contribution < -0.4 is 5.32 Å². The van der Waals surface area contributed by atoms with Crippen LogP contribution in [0.5, 0.6) is 11.5 Å². The molecule has 0 spiro atoms. The predicted molar refractivity (Wildman–Crippen MR) is 72.7 cm³/mol. The fraction of sp³-hybridized carbons (Fsp3) is 0.600. The maximum atomic E-state index is 9.84. The summed E-state index contributed by atoms with van der Waals surface area (Å²) in [4.78, 5) is 0. The van der Waals surface area contributed by atoms with E-state index in [1.807, 2.05) is 6.92 Å². The number of rotatable bonds is 3. The molecule has 1 fully saturated rings. The molecule has 2 rings (SSSR count). The van der Waals surface area contributed by atoms with Crippen molar-refractivity contribution in [1.82, 2.24) is 5.32 Å². The van der Waals surface area contributed by atoms with Gasteiger partial charge in [0.25, 0.3) is 0 Å². The van der Waals surface area contributed by atoms with Gasteiger partial charge in [0.2, 0.25) is 0 Å². The van der Waals surface area contributed by atoms with Crippen molar-refractivity contribution >= 4 is 0 Å². The van der Waals surface area contributed by atoms with Gasteiger partial charge >= 0.3 is 0 Å². The van der Waals surface area contributed by atoms with Crippen LogP contribution in [0.15, 0.2) is 18.2 Å². The summed E-state index contributed by atoms with van der Waals surface area (Å²) in [5.74, 6) is 0.319. The fourth-order valence-corrected chi connectivity index (χ4v) is 3.00. The molecule has 0 radical (unpaired) electrons. The Morgan fingerprint density at radius 3 is 2.39 bits per heavy atom. The van der Waals surface area contributed by atoms with E-state index in [0.29, 0.717) is 17.0 Å². The van der Waals surface area contributed by atoms with E-state index in [0.717, 1.165) is 12.8 Å².